The van der Waals surface area contributed by atoms with E-state index in [2.05, 4.69) is 140 Å². The first-order chi connectivity index (χ1) is 66.5. The lowest BCUT2D eigenvalue weighted by Gasteiger charge is -3.00. The molecule has 0 spiro atoms. The lowest BCUT2D eigenvalue weighted by atomic mass is 9.92. The van der Waals surface area contributed by atoms with Crippen LogP contribution in [0.2, 0.25) is 0 Å². The first-order valence-electron chi connectivity index (χ1n) is 43.8. The summed E-state index contributed by atoms with van der Waals surface area (Å²) >= 11 is 0. The first-order valence-corrected chi connectivity index (χ1v) is 50.4. The van der Waals surface area contributed by atoms with E-state index in [0.717, 1.165) is 62.1 Å². The summed E-state index contributed by atoms with van der Waals surface area (Å²) in [6, 6.07) is 146. The van der Waals surface area contributed by atoms with Gasteiger partial charge in [-0.2, -0.15) is 13.2 Å². The summed E-state index contributed by atoms with van der Waals surface area (Å²) in [5, 5.41) is 5.17. The fraction of sp³-hybridized carbons (Fsp3) is 0.0504. The maximum Gasteiger partial charge on any atom is 0.416 e. The SMILES string of the molecule is C.C.C.Cc1cc(C(F)(F)F)cc(P(=O)(c2cccc(N)c2)c2cccc(N)c2)c1.Cc1ccc(S(=O)(=O)[O-])cc1.Nc1ccc(Oc2ccc(P(=O)(c3ccccc3)c3ccc(Oc4ccc(N)cc4)cc3)cc2)cc1.Nc1cccc(P(=O)(c2ccccc2)c2cccc(N)c2)c1.[P-3].[PH-2].[PH2-].c1ccc(-c2cc(-c3ccccc3)cc(-c3ccc(-c4cc(-c5ccccc5)[o+]c(-c5ccccc5)c4)cc3)c2)cc1. The van der Waals surface area contributed by atoms with Crippen LogP contribution in [-0.2, 0) is 30.0 Å². The van der Waals surface area contributed by atoms with Crippen LogP contribution in [0.5, 0.6) is 23.0 Å². The smallest absolute Gasteiger partial charge is 0.416 e. The van der Waals surface area contributed by atoms with E-state index >= 15 is 0 Å². The largest absolute Gasteiger partial charge is 3.00 e. The van der Waals surface area contributed by atoms with Crippen LogP contribution in [0.25, 0.3) is 67.2 Å². The third-order valence-corrected chi connectivity index (χ3v) is 32.4. The Morgan fingerprint density at radius 3 is 0.819 bits per heavy atom. The molecule has 12 N–H and O–H groups in total. The van der Waals surface area contributed by atoms with Crippen molar-refractivity contribution in [2.75, 3.05) is 34.4 Å². The molecule has 19 aromatic rings. The van der Waals surface area contributed by atoms with Crippen molar-refractivity contribution in [3.05, 3.63) is 490 Å². The first kappa shape index (κ1) is 113. The van der Waals surface area contributed by atoms with Gasteiger partial charge in [-0.05, 0) is 277 Å². The van der Waals surface area contributed by atoms with Gasteiger partial charge >= 0.3 is 17.7 Å². The summed E-state index contributed by atoms with van der Waals surface area (Å²) < 4.78 is 132. The minimum Gasteiger partial charge on any atom is -3.00 e. The van der Waals surface area contributed by atoms with Gasteiger partial charge in [-0.15, -0.1) is 0 Å². The summed E-state index contributed by atoms with van der Waals surface area (Å²) in [5.41, 5.74) is 50.3. The Morgan fingerprint density at radius 1 is 0.264 bits per heavy atom. The highest BCUT2D eigenvalue weighted by molar-refractivity contribution is 7.86. The second-order valence-corrected chi connectivity index (χ2v) is 42.1. The molecule has 0 aliphatic heterocycles. The molecule has 0 saturated carbocycles. The molecule has 0 bridgehead atoms. The van der Waals surface area contributed by atoms with Crippen molar-refractivity contribution in [3.63, 3.8) is 0 Å². The van der Waals surface area contributed by atoms with E-state index in [4.69, 9.17) is 48.3 Å². The Morgan fingerprint density at radius 2 is 0.521 bits per heavy atom. The normalized spacial score (nSPS) is 10.8. The highest BCUT2D eigenvalue weighted by atomic mass is 32.2. The topological polar surface area (TPSA) is 294 Å². The van der Waals surface area contributed by atoms with Crippen LogP contribution in [0, 0.1) is 13.8 Å². The summed E-state index contributed by atoms with van der Waals surface area (Å²) in [5.74, 6) is 4.35. The van der Waals surface area contributed by atoms with Crippen molar-refractivity contribution >= 4 is 143 Å². The molecule has 0 fully saturated rings. The third-order valence-electron chi connectivity index (χ3n) is 22.5. The van der Waals surface area contributed by atoms with Gasteiger partial charge in [0.05, 0.1) is 33.7 Å². The van der Waals surface area contributed by atoms with E-state index in [1.54, 1.807) is 104 Å². The van der Waals surface area contributed by atoms with E-state index in [9.17, 15) is 39.8 Å². The number of ether oxygens (including phenoxy) is 2. The molecule has 0 aliphatic rings. The number of benzene rings is 18. The van der Waals surface area contributed by atoms with Crippen molar-refractivity contribution in [2.24, 2.45) is 0 Å². The Balaban J connectivity index is 0.000000208. The number of alkyl halides is 3. The number of rotatable bonds is 20. The van der Waals surface area contributed by atoms with E-state index < -0.39 is 43.3 Å². The number of anilines is 6. The lowest BCUT2D eigenvalue weighted by molar-refractivity contribution is -0.137. The van der Waals surface area contributed by atoms with Crippen molar-refractivity contribution in [2.45, 2.75) is 47.2 Å². The van der Waals surface area contributed by atoms with E-state index in [-0.39, 0.29) is 62.2 Å². The lowest BCUT2D eigenvalue weighted by Crippen LogP contribution is -2.27. The second-order valence-electron chi connectivity index (χ2n) is 32.4. The number of hydrogen-bond acceptors (Lipinski definition) is 14. The van der Waals surface area contributed by atoms with Gasteiger partial charge in [-0.1, -0.05) is 270 Å². The van der Waals surface area contributed by atoms with Crippen LogP contribution in [0.4, 0.5) is 47.3 Å². The molecule has 0 unspecified atom stereocenters. The molecule has 0 radical (unpaired) electrons. The van der Waals surface area contributed by atoms with Gasteiger partial charge in [0.1, 0.15) is 33.1 Å². The van der Waals surface area contributed by atoms with Gasteiger partial charge in [0.15, 0.2) is 21.4 Å². The summed E-state index contributed by atoms with van der Waals surface area (Å²) in [4.78, 5) is -0.178. The van der Waals surface area contributed by atoms with Gasteiger partial charge in [0.25, 0.3) is 0 Å². The zero-order valence-corrected chi connectivity index (χ0v) is 83.1. The zero-order chi connectivity index (χ0) is 97.0. The Hall–Kier alpha value is -14.8. The molecular formula is C119H111F3N6O9P6S-6. The van der Waals surface area contributed by atoms with Crippen molar-refractivity contribution in [3.8, 4) is 90.2 Å². The molecule has 0 amide bonds. The van der Waals surface area contributed by atoms with Crippen molar-refractivity contribution < 1.29 is 53.7 Å². The van der Waals surface area contributed by atoms with Gasteiger partial charge in [0, 0.05) is 87.4 Å². The monoisotopic (exact) mass is 2040 g/mol. The van der Waals surface area contributed by atoms with E-state index in [1.807, 2.05) is 201 Å². The number of nitrogen functional groups attached to an aromatic ring is 6. The van der Waals surface area contributed by atoms with Crippen molar-refractivity contribution in [1.29, 1.82) is 0 Å². The summed E-state index contributed by atoms with van der Waals surface area (Å²) in [6.45, 7) is 3.36. The van der Waals surface area contributed by atoms with Crippen LogP contribution in [0.15, 0.2) is 482 Å². The maximum absolute atomic E-state index is 14.7. The highest BCUT2D eigenvalue weighted by Crippen LogP contribution is 2.48. The minimum absolute atomic E-state index is 0. The molecule has 25 heteroatoms. The maximum atomic E-state index is 14.7. The molecule has 19 rings (SSSR count). The standard InChI is InChI=1S/C41H29O.C30H25N2O3P.C20H18F3N2OP.C18H17N2OP.C7H8O3S.3CH4.H2P.HP.P/c1-5-13-30(14-6-1)36-25-37(31-15-7-2-8-16-31)27-38(26-36)32-21-23-33(24-22-32)39-28-40(34-17-9-3-10-18-34)42-41(29-39)35-19-11-4-12-20-35;31-22-6-10-24(11-7-22)34-26-14-18-29(19-15-26)36(33,28-4-2-1-3-5-28)30-20-16-27(17-21-30)35-25-12-8-23(32)9-13-25;1-13-8-14(20(21,22)23)10-19(9-13)27(26,17-6-2-4-15(24)11-17)18-7-3-5-16(25)12-18;19-14-6-4-10-17(12-14)22(21,16-8-2-1-3-9-16)18-11-5-7-15(20)13-18;1-6-2-4-7(5-3-6)11(8,9)10;;;;;;/h1-29H;1-21H,31-32H2;2-12H,24-25H2,1H3;1-13H,19-20H2;2-5H,1H3,(H,8,9,10);3*1H4;1H2;1H;/q+1;;;;;;;;-1;-2;-3/p-1. The van der Waals surface area contributed by atoms with Crippen LogP contribution in [0.3, 0.4) is 0 Å². The van der Waals surface area contributed by atoms with Crippen LogP contribution >= 0.6 is 51.1 Å². The Labute approximate surface area is 852 Å². The minimum atomic E-state index is -4.54. The predicted molar refractivity (Wildman–Crippen MR) is 607 cm³/mol. The van der Waals surface area contributed by atoms with Gasteiger partial charge in [0.2, 0.25) is 0 Å². The number of nitrogens with two attached hydrogens (primary N) is 6. The predicted octanol–water partition coefficient (Wildman–Crippen LogP) is 28.5. The van der Waals surface area contributed by atoms with E-state index in [0.29, 0.717) is 94.5 Å². The highest BCUT2D eigenvalue weighted by Gasteiger charge is 2.37. The molecule has 18 aromatic carbocycles. The molecule has 144 heavy (non-hydrogen) atoms. The second kappa shape index (κ2) is 51.2. The number of halogens is 3. The van der Waals surface area contributed by atoms with E-state index in [1.165, 1.54) is 63.7 Å². The van der Waals surface area contributed by atoms with Crippen LogP contribution < -0.4 is 91.6 Å². The fourth-order valence-corrected chi connectivity index (χ4v) is 24.2. The molecule has 0 aliphatic carbocycles. The zero-order valence-electron chi connectivity index (χ0n) is 76.6. The fourth-order valence-electron chi connectivity index (χ4n) is 15.5. The Kier molecular flexibility index (Phi) is 40.1. The molecule has 15 nitrogen and oxygen atoms in total. The molecule has 734 valence electrons. The Bertz CT molecular complexity index is 7230. The number of hydrogen-bond donors (Lipinski definition) is 6. The van der Waals surface area contributed by atoms with Crippen LogP contribution in [-0.4, -0.2) is 13.0 Å². The van der Waals surface area contributed by atoms with Gasteiger partial charge < -0.3 is 91.8 Å². The average Bonchev–Trinajstić information content (AvgIpc) is 0.650. The quantitative estimate of drug-likeness (QED) is 0.0179. The van der Waals surface area contributed by atoms with Crippen LogP contribution in [0.1, 0.15) is 39.0 Å². The number of aryl methyl sites for hydroxylation is 2. The molecule has 1 aromatic heterocycles. The summed E-state index contributed by atoms with van der Waals surface area (Å²) in [7, 11) is -14.0. The third kappa shape index (κ3) is 28.4. The van der Waals surface area contributed by atoms with Crippen molar-refractivity contribution in [1.82, 2.24) is 0 Å². The molecular weight excluding hydrogens is 1930 g/mol. The average molecular weight is 2040 g/mol. The van der Waals surface area contributed by atoms with Gasteiger partial charge in [-0.25, -0.2) is 12.8 Å². The molecule has 0 atom stereocenters. The van der Waals surface area contributed by atoms with Gasteiger partial charge in [-0.3, -0.25) is 0 Å². The summed E-state index contributed by atoms with van der Waals surface area (Å²) in [6.07, 6.45) is -4.54. The molecule has 1 heterocycles. The molecule has 0 saturated heterocycles.